The van der Waals surface area contributed by atoms with Crippen molar-refractivity contribution in [1.29, 1.82) is 0 Å². The number of benzene rings is 2. The fourth-order valence-corrected chi connectivity index (χ4v) is 7.40. The van der Waals surface area contributed by atoms with Gasteiger partial charge in [0.05, 0.1) is 23.4 Å². The monoisotopic (exact) mass is 665 g/mol. The zero-order valence-electron chi connectivity index (χ0n) is 25.0. The molecule has 2 aromatic carbocycles. The molecule has 15 heteroatoms. The van der Waals surface area contributed by atoms with Gasteiger partial charge in [0.1, 0.15) is 35.1 Å². The van der Waals surface area contributed by atoms with Crippen molar-refractivity contribution >= 4 is 22.8 Å². The van der Waals surface area contributed by atoms with Crippen LogP contribution in [-0.2, 0) is 30.2 Å². The molecule has 0 spiro atoms. The van der Waals surface area contributed by atoms with Gasteiger partial charge in [0.2, 0.25) is 5.91 Å². The summed E-state index contributed by atoms with van der Waals surface area (Å²) in [5, 5.41) is 16.1. The number of carbonyl (C=O) groups excluding carboxylic acids is 2. The Balaban J connectivity index is 1.21. The molecule has 4 atom stereocenters. The molecule has 2 unspecified atom stereocenters. The van der Waals surface area contributed by atoms with E-state index in [1.807, 2.05) is 0 Å². The number of hydrogen-bond donors (Lipinski definition) is 3. The second-order valence-electron chi connectivity index (χ2n) is 12.5. The van der Waals surface area contributed by atoms with Crippen LogP contribution in [0.15, 0.2) is 48.7 Å². The largest absolute Gasteiger partial charge is 0.348 e. The van der Waals surface area contributed by atoms with Crippen LogP contribution in [0.2, 0.25) is 0 Å². The molecule has 3 aromatic heterocycles. The number of nitrogens with zero attached hydrogens (tertiary/aromatic N) is 4. The third-order valence-electron chi connectivity index (χ3n) is 9.55. The highest BCUT2D eigenvalue weighted by Crippen LogP contribution is 2.71. The standard InChI is InChI=1S/C33H25F6N7O2/c1-13-25-26-29(31(36)37)45-46(30(26)33(38,39)27(13)25)12-24(47)42-22(6-14-4-17(34)8-18(35)5-14)28-19(9-21-23(43-28)11-41-44-21)15-2-3-16-10-40-32(48)20(16)7-15/h2-5,7-9,11,13,22,25,27,31H,6,10,12H2,1H3,(H,40,48)(H,41,44)(H,42,47)/t13-,22+,25?,27?/m1/s1. The number of nitrogens with one attached hydrogen (secondary N) is 3. The smallest absolute Gasteiger partial charge is 0.293 e. The van der Waals surface area contributed by atoms with E-state index in [2.05, 4.69) is 25.9 Å². The molecule has 2 aliphatic carbocycles. The predicted octanol–water partition coefficient (Wildman–Crippen LogP) is 5.84. The highest BCUT2D eigenvalue weighted by molar-refractivity contribution is 5.99. The maximum atomic E-state index is 15.4. The van der Waals surface area contributed by atoms with Crippen LogP contribution >= 0.6 is 0 Å². The highest BCUT2D eigenvalue weighted by atomic mass is 19.3. The van der Waals surface area contributed by atoms with Crippen LogP contribution in [0, 0.1) is 23.5 Å². The van der Waals surface area contributed by atoms with Gasteiger partial charge in [-0.15, -0.1) is 0 Å². The molecule has 3 aliphatic rings. The zero-order valence-corrected chi connectivity index (χ0v) is 25.0. The van der Waals surface area contributed by atoms with Crippen molar-refractivity contribution in [3.05, 3.63) is 99.6 Å². The minimum atomic E-state index is -3.46. The average Bonchev–Trinajstić information content (AvgIpc) is 3.43. The van der Waals surface area contributed by atoms with Crippen LogP contribution in [0.4, 0.5) is 26.3 Å². The van der Waals surface area contributed by atoms with E-state index in [9.17, 15) is 27.2 Å². The molecular weight excluding hydrogens is 640 g/mol. The Morgan fingerprint density at radius 3 is 2.60 bits per heavy atom. The van der Waals surface area contributed by atoms with Crippen molar-refractivity contribution < 1.29 is 35.9 Å². The third-order valence-corrected chi connectivity index (χ3v) is 9.55. The number of H-pyrrole nitrogens is 1. The molecule has 2 amide bonds. The molecule has 0 radical (unpaired) electrons. The van der Waals surface area contributed by atoms with Gasteiger partial charge in [-0.3, -0.25) is 19.4 Å². The summed E-state index contributed by atoms with van der Waals surface area (Å²) >= 11 is 0. The first kappa shape index (κ1) is 30.1. The Morgan fingerprint density at radius 2 is 1.85 bits per heavy atom. The number of carbonyl (C=O) groups is 2. The summed E-state index contributed by atoms with van der Waals surface area (Å²) in [6.45, 7) is 1.10. The van der Waals surface area contributed by atoms with Gasteiger partial charge in [0.25, 0.3) is 18.3 Å². The Hall–Kier alpha value is -5.21. The van der Waals surface area contributed by atoms with E-state index in [1.54, 1.807) is 31.2 Å². The third kappa shape index (κ3) is 4.73. The number of alkyl halides is 4. The topological polar surface area (TPSA) is 118 Å². The lowest BCUT2D eigenvalue weighted by atomic mass is 9.93. The van der Waals surface area contributed by atoms with Crippen LogP contribution in [0.5, 0.6) is 0 Å². The van der Waals surface area contributed by atoms with Gasteiger partial charge in [0.15, 0.2) is 0 Å². The van der Waals surface area contributed by atoms with Crippen LogP contribution < -0.4 is 10.6 Å². The maximum absolute atomic E-state index is 15.4. The fourth-order valence-electron chi connectivity index (χ4n) is 7.40. The van der Waals surface area contributed by atoms with E-state index in [-0.39, 0.29) is 29.1 Å². The number of aromatic amines is 1. The number of pyridine rings is 1. The zero-order chi connectivity index (χ0) is 33.6. The van der Waals surface area contributed by atoms with Crippen LogP contribution in [0.1, 0.15) is 69.4 Å². The van der Waals surface area contributed by atoms with Gasteiger partial charge in [-0.25, -0.2) is 22.5 Å². The number of aromatic nitrogens is 5. The second-order valence-corrected chi connectivity index (χ2v) is 12.5. The summed E-state index contributed by atoms with van der Waals surface area (Å²) < 4.78 is 88.0. The quantitative estimate of drug-likeness (QED) is 0.180. The van der Waals surface area contributed by atoms with Gasteiger partial charge in [0, 0.05) is 41.1 Å². The van der Waals surface area contributed by atoms with Gasteiger partial charge < -0.3 is 10.6 Å². The van der Waals surface area contributed by atoms with E-state index in [1.165, 1.54) is 6.20 Å². The first-order valence-electron chi connectivity index (χ1n) is 15.2. The molecule has 1 saturated carbocycles. The van der Waals surface area contributed by atoms with Crippen molar-refractivity contribution in [3.63, 3.8) is 0 Å². The Labute approximate surface area is 267 Å². The van der Waals surface area contributed by atoms with Crippen molar-refractivity contribution in [2.75, 3.05) is 0 Å². The summed E-state index contributed by atoms with van der Waals surface area (Å²) in [5.41, 5.74) is 1.79. The molecule has 48 heavy (non-hydrogen) atoms. The fraction of sp³-hybridized carbons (Fsp3) is 0.303. The van der Waals surface area contributed by atoms with Crippen LogP contribution in [-0.4, -0.2) is 36.8 Å². The molecule has 1 fully saturated rings. The molecule has 0 bridgehead atoms. The van der Waals surface area contributed by atoms with Crippen molar-refractivity contribution in [3.8, 4) is 11.1 Å². The lowest BCUT2D eigenvalue weighted by Crippen LogP contribution is -2.35. The minimum absolute atomic E-state index is 0.145. The van der Waals surface area contributed by atoms with E-state index in [4.69, 9.17) is 4.98 Å². The summed E-state index contributed by atoms with van der Waals surface area (Å²) in [6.07, 6.45) is -1.89. The number of hydrogen-bond acceptors (Lipinski definition) is 5. The lowest BCUT2D eigenvalue weighted by molar-refractivity contribution is -0.123. The maximum Gasteiger partial charge on any atom is 0.293 e. The molecular formula is C33H25F6N7O2. The van der Waals surface area contributed by atoms with Crippen molar-refractivity contribution in [2.45, 2.75) is 50.7 Å². The van der Waals surface area contributed by atoms with Crippen LogP contribution in [0.25, 0.3) is 22.2 Å². The number of rotatable bonds is 8. The molecule has 3 N–H and O–H groups in total. The Morgan fingerprint density at radius 1 is 1.08 bits per heavy atom. The number of amides is 2. The lowest BCUT2D eigenvalue weighted by Gasteiger charge is -2.23. The molecule has 9 nitrogen and oxygen atoms in total. The summed E-state index contributed by atoms with van der Waals surface area (Å²) in [5.74, 6) is -8.74. The minimum Gasteiger partial charge on any atom is -0.348 e. The number of fused-ring (bicyclic) bond motifs is 5. The number of halogens is 6. The molecule has 1 aliphatic heterocycles. The van der Waals surface area contributed by atoms with Gasteiger partial charge in [-0.1, -0.05) is 19.1 Å². The normalized spacial score (nSPS) is 20.8. The SMILES string of the molecule is C[C@@H]1C2c3c(C(F)F)nn(CC(=O)N[C@@H](Cc4cc(F)cc(F)c4)c4nc5cn[nH]c5cc4-c4ccc5c(c4)C(=O)NC5)c3C(F)(F)C21. The molecule has 4 heterocycles. The van der Waals surface area contributed by atoms with E-state index < -0.39 is 71.6 Å². The summed E-state index contributed by atoms with van der Waals surface area (Å²) in [6, 6.07) is 8.63. The van der Waals surface area contributed by atoms with Gasteiger partial charge >= 0.3 is 0 Å². The average molecular weight is 666 g/mol. The molecule has 246 valence electrons. The predicted molar refractivity (Wildman–Crippen MR) is 158 cm³/mol. The highest BCUT2D eigenvalue weighted by Gasteiger charge is 2.71. The first-order valence-corrected chi connectivity index (χ1v) is 15.2. The molecule has 5 aromatic rings. The Kier molecular flexibility index (Phi) is 6.69. The van der Waals surface area contributed by atoms with E-state index in [0.717, 1.165) is 17.7 Å². The summed E-state index contributed by atoms with van der Waals surface area (Å²) in [4.78, 5) is 30.9. The van der Waals surface area contributed by atoms with Crippen molar-refractivity contribution in [2.24, 2.45) is 11.8 Å². The first-order chi connectivity index (χ1) is 22.9. The second kappa shape index (κ2) is 10.7. The van der Waals surface area contributed by atoms with E-state index >= 15 is 8.78 Å². The van der Waals surface area contributed by atoms with Gasteiger partial charge in [-0.2, -0.15) is 19.0 Å². The Bertz CT molecular complexity index is 2140. The molecule has 0 saturated heterocycles. The molecule has 8 rings (SSSR count). The van der Waals surface area contributed by atoms with Crippen LogP contribution in [0.3, 0.4) is 0 Å². The van der Waals surface area contributed by atoms with Gasteiger partial charge in [-0.05, 0) is 53.3 Å². The van der Waals surface area contributed by atoms with E-state index in [0.29, 0.717) is 45.0 Å². The van der Waals surface area contributed by atoms with Crippen molar-refractivity contribution in [1.82, 2.24) is 35.6 Å². The summed E-state index contributed by atoms with van der Waals surface area (Å²) in [7, 11) is 0.